The first-order valence-corrected chi connectivity index (χ1v) is 8.15. The fraction of sp³-hybridized carbons (Fsp3) is 0.417. The summed E-state index contributed by atoms with van der Waals surface area (Å²) in [4.78, 5) is 12.9. The maximum atomic E-state index is 13.4. The van der Waals surface area contributed by atoms with Crippen LogP contribution in [0.3, 0.4) is 0 Å². The molecule has 0 radical (unpaired) electrons. The molecule has 0 unspecified atom stereocenters. The molecule has 1 amide bonds. The fourth-order valence-corrected chi connectivity index (χ4v) is 2.28. The summed E-state index contributed by atoms with van der Waals surface area (Å²) in [6.45, 7) is 3.00. The van der Waals surface area contributed by atoms with Crippen molar-refractivity contribution >= 4 is 25.6 Å². The van der Waals surface area contributed by atoms with E-state index in [1.165, 1.54) is 11.9 Å². The van der Waals surface area contributed by atoms with E-state index in [2.05, 4.69) is 0 Å². The molecule has 0 fully saturated rings. The van der Waals surface area contributed by atoms with Crippen molar-refractivity contribution in [1.29, 1.82) is 0 Å². The quantitative estimate of drug-likeness (QED) is 0.592. The van der Waals surface area contributed by atoms with Crippen molar-refractivity contribution in [2.24, 2.45) is 0 Å². The summed E-state index contributed by atoms with van der Waals surface area (Å²) in [6, 6.07) is 2.77. The molecule has 0 N–H and O–H groups in total. The van der Waals surface area contributed by atoms with E-state index < -0.39 is 25.7 Å². The van der Waals surface area contributed by atoms with Crippen molar-refractivity contribution in [2.75, 3.05) is 26.8 Å². The highest BCUT2D eigenvalue weighted by molar-refractivity contribution is 8.13. The van der Waals surface area contributed by atoms with E-state index in [4.69, 9.17) is 15.4 Å². The molecule has 20 heavy (non-hydrogen) atoms. The van der Waals surface area contributed by atoms with Gasteiger partial charge >= 0.3 is 0 Å². The second-order valence-corrected chi connectivity index (χ2v) is 6.60. The molecule has 0 spiro atoms. The normalized spacial score (nSPS) is 11.4. The van der Waals surface area contributed by atoms with Gasteiger partial charge in [0, 0.05) is 36.4 Å². The topological polar surface area (TPSA) is 63.7 Å². The third-order valence-corrected chi connectivity index (χ3v) is 3.85. The molecular weight excluding hydrogens is 309 g/mol. The van der Waals surface area contributed by atoms with E-state index in [1.807, 2.05) is 6.92 Å². The summed E-state index contributed by atoms with van der Waals surface area (Å²) in [5.74, 6) is -1.35. The summed E-state index contributed by atoms with van der Waals surface area (Å²) in [5, 5.41) is 0. The van der Waals surface area contributed by atoms with Crippen LogP contribution in [0.15, 0.2) is 23.1 Å². The van der Waals surface area contributed by atoms with Crippen LogP contribution in [-0.2, 0) is 13.8 Å². The third kappa shape index (κ3) is 4.73. The molecule has 1 aromatic rings. The Hall–Kier alpha value is -1.18. The zero-order chi connectivity index (χ0) is 15.3. The van der Waals surface area contributed by atoms with Crippen LogP contribution in [0, 0.1) is 5.82 Å². The van der Waals surface area contributed by atoms with Crippen molar-refractivity contribution < 1.29 is 22.3 Å². The van der Waals surface area contributed by atoms with Crippen LogP contribution in [0.2, 0.25) is 0 Å². The molecule has 1 rings (SSSR count). The van der Waals surface area contributed by atoms with Crippen LogP contribution < -0.4 is 0 Å². The molecular formula is C12H15ClFNO4S. The molecule has 8 heteroatoms. The molecule has 0 aromatic heterocycles. The van der Waals surface area contributed by atoms with Crippen LogP contribution in [-0.4, -0.2) is 46.0 Å². The van der Waals surface area contributed by atoms with Crippen molar-refractivity contribution in [3.05, 3.63) is 29.6 Å². The number of hydrogen-bond acceptors (Lipinski definition) is 4. The lowest BCUT2D eigenvalue weighted by Gasteiger charge is -2.17. The van der Waals surface area contributed by atoms with Crippen LogP contribution in [0.25, 0.3) is 0 Å². The van der Waals surface area contributed by atoms with Crippen LogP contribution in [0.4, 0.5) is 4.39 Å². The molecule has 0 aliphatic heterocycles. The van der Waals surface area contributed by atoms with E-state index >= 15 is 0 Å². The Morgan fingerprint density at radius 3 is 2.60 bits per heavy atom. The standard InChI is InChI=1S/C12H15ClFNO4S/c1-3-19-5-4-15(2)12(16)9-6-10(14)8-11(7-9)20(13,17)18/h6-8H,3-5H2,1-2H3. The second kappa shape index (κ2) is 7.01. The molecule has 0 aliphatic carbocycles. The number of amides is 1. The maximum absolute atomic E-state index is 13.4. The van der Waals surface area contributed by atoms with Gasteiger partial charge in [0.2, 0.25) is 0 Å². The first kappa shape index (κ1) is 16.9. The second-order valence-electron chi connectivity index (χ2n) is 4.04. The summed E-state index contributed by atoms with van der Waals surface area (Å²) in [5.41, 5.74) is -0.0803. The van der Waals surface area contributed by atoms with E-state index in [9.17, 15) is 17.6 Å². The Bertz CT molecular complexity index is 591. The van der Waals surface area contributed by atoms with E-state index in [-0.39, 0.29) is 5.56 Å². The Balaban J connectivity index is 2.96. The van der Waals surface area contributed by atoms with E-state index in [1.54, 1.807) is 0 Å². The number of benzene rings is 1. The number of rotatable bonds is 6. The Labute approximate surface area is 121 Å². The Kier molecular flexibility index (Phi) is 5.91. The van der Waals surface area contributed by atoms with Gasteiger partial charge in [0.15, 0.2) is 0 Å². The fourth-order valence-electron chi connectivity index (χ4n) is 1.49. The van der Waals surface area contributed by atoms with Gasteiger partial charge in [0.05, 0.1) is 11.5 Å². The van der Waals surface area contributed by atoms with Gasteiger partial charge in [0.25, 0.3) is 15.0 Å². The minimum absolute atomic E-state index is 0.0803. The predicted molar refractivity (Wildman–Crippen MR) is 72.9 cm³/mol. The first-order chi connectivity index (χ1) is 9.25. The van der Waals surface area contributed by atoms with E-state index in [0.717, 1.165) is 18.2 Å². The minimum Gasteiger partial charge on any atom is -0.380 e. The SMILES string of the molecule is CCOCCN(C)C(=O)c1cc(F)cc(S(=O)(=O)Cl)c1. The number of halogens is 2. The lowest BCUT2D eigenvalue weighted by atomic mass is 10.2. The zero-order valence-electron chi connectivity index (χ0n) is 11.1. The summed E-state index contributed by atoms with van der Waals surface area (Å²) in [6.07, 6.45) is 0. The molecule has 112 valence electrons. The van der Waals surface area contributed by atoms with Gasteiger partial charge < -0.3 is 9.64 Å². The van der Waals surface area contributed by atoms with Gasteiger partial charge in [-0.25, -0.2) is 12.8 Å². The summed E-state index contributed by atoms with van der Waals surface area (Å²) in [7, 11) is 2.57. The van der Waals surface area contributed by atoms with Gasteiger partial charge in [-0.05, 0) is 25.1 Å². The lowest BCUT2D eigenvalue weighted by Crippen LogP contribution is -2.30. The van der Waals surface area contributed by atoms with Gasteiger partial charge in [-0.15, -0.1) is 0 Å². The number of carbonyl (C=O) groups is 1. The molecule has 0 atom stereocenters. The molecule has 0 saturated heterocycles. The molecule has 0 saturated carbocycles. The van der Waals surface area contributed by atoms with Crippen LogP contribution >= 0.6 is 10.7 Å². The van der Waals surface area contributed by atoms with Gasteiger partial charge in [-0.2, -0.15) is 0 Å². The average Bonchev–Trinajstić information content (AvgIpc) is 2.36. The molecule has 0 bridgehead atoms. The number of ether oxygens (including phenoxy) is 1. The lowest BCUT2D eigenvalue weighted by molar-refractivity contribution is 0.0709. The van der Waals surface area contributed by atoms with Crippen molar-refractivity contribution in [3.8, 4) is 0 Å². The minimum atomic E-state index is -4.09. The molecule has 5 nitrogen and oxygen atoms in total. The number of likely N-dealkylation sites (N-methyl/N-ethyl adjacent to an activating group) is 1. The number of nitrogens with zero attached hydrogens (tertiary/aromatic N) is 1. The molecule has 0 aliphatic rings. The third-order valence-electron chi connectivity index (χ3n) is 2.52. The summed E-state index contributed by atoms with van der Waals surface area (Å²) >= 11 is 0. The highest BCUT2D eigenvalue weighted by Crippen LogP contribution is 2.19. The monoisotopic (exact) mass is 323 g/mol. The average molecular weight is 324 g/mol. The highest BCUT2D eigenvalue weighted by atomic mass is 35.7. The van der Waals surface area contributed by atoms with E-state index in [0.29, 0.717) is 19.8 Å². The Morgan fingerprint density at radius 1 is 1.40 bits per heavy atom. The summed E-state index contributed by atoms with van der Waals surface area (Å²) < 4.78 is 40.9. The van der Waals surface area contributed by atoms with Crippen molar-refractivity contribution in [2.45, 2.75) is 11.8 Å². The van der Waals surface area contributed by atoms with Crippen molar-refractivity contribution in [3.63, 3.8) is 0 Å². The smallest absolute Gasteiger partial charge is 0.261 e. The number of hydrogen-bond donors (Lipinski definition) is 0. The molecule has 1 aromatic carbocycles. The first-order valence-electron chi connectivity index (χ1n) is 5.84. The van der Waals surface area contributed by atoms with Crippen LogP contribution in [0.5, 0.6) is 0 Å². The highest BCUT2D eigenvalue weighted by Gasteiger charge is 2.18. The Morgan fingerprint density at radius 2 is 2.05 bits per heavy atom. The predicted octanol–water partition coefficient (Wildman–Crippen LogP) is 1.86. The molecule has 0 heterocycles. The van der Waals surface area contributed by atoms with Crippen LogP contribution in [0.1, 0.15) is 17.3 Å². The number of carbonyl (C=O) groups excluding carboxylic acids is 1. The van der Waals surface area contributed by atoms with Crippen molar-refractivity contribution in [1.82, 2.24) is 4.90 Å². The van der Waals surface area contributed by atoms with Gasteiger partial charge in [-0.3, -0.25) is 4.79 Å². The maximum Gasteiger partial charge on any atom is 0.261 e. The largest absolute Gasteiger partial charge is 0.380 e. The van der Waals surface area contributed by atoms with Gasteiger partial charge in [0.1, 0.15) is 5.82 Å². The zero-order valence-corrected chi connectivity index (χ0v) is 12.7. The van der Waals surface area contributed by atoms with Gasteiger partial charge in [-0.1, -0.05) is 0 Å².